The van der Waals surface area contributed by atoms with Crippen molar-refractivity contribution >= 4 is 22.0 Å². The zero-order chi connectivity index (χ0) is 8.10. The van der Waals surface area contributed by atoms with Gasteiger partial charge in [0.2, 0.25) is 0 Å². The number of benzene rings is 1. The molecule has 1 N–H and O–H groups in total. The number of alkyl halides is 1. The van der Waals surface area contributed by atoms with Gasteiger partial charge in [-0.1, -0.05) is 40.2 Å². The van der Waals surface area contributed by atoms with E-state index in [9.17, 15) is 0 Å². The van der Waals surface area contributed by atoms with Gasteiger partial charge in [-0.25, -0.2) is 0 Å². The molecule has 1 aromatic carbocycles. The summed E-state index contributed by atoms with van der Waals surface area (Å²) in [4.78, 5) is 0. The molecule has 0 heterocycles. The smallest absolute Gasteiger partial charge is 0.0797 e. The predicted molar refractivity (Wildman–Crippen MR) is 50.7 cm³/mol. The largest absolute Gasteiger partial charge is 0.516 e. The van der Waals surface area contributed by atoms with Crippen LogP contribution in [0.5, 0.6) is 0 Å². The van der Waals surface area contributed by atoms with Gasteiger partial charge in [0.15, 0.2) is 0 Å². The average Bonchev–Trinajstić information content (AvgIpc) is 2.06. The van der Waals surface area contributed by atoms with Gasteiger partial charge in [-0.3, -0.25) is 0 Å². The molecule has 0 aromatic heterocycles. The van der Waals surface area contributed by atoms with Crippen LogP contribution in [0.3, 0.4) is 0 Å². The standard InChI is InChI=1S/C9H9BrO/c10-7-9-3-1-2-8(6-9)4-5-11/h1-6,11H,7H2/b5-4-. The minimum absolute atomic E-state index is 0.847. The number of halogens is 1. The fourth-order valence-corrected chi connectivity index (χ4v) is 1.21. The second-order valence-electron chi connectivity index (χ2n) is 2.19. The fraction of sp³-hybridized carbons (Fsp3) is 0.111. The summed E-state index contributed by atoms with van der Waals surface area (Å²) in [5.41, 5.74) is 2.23. The van der Waals surface area contributed by atoms with E-state index in [0.29, 0.717) is 0 Å². The van der Waals surface area contributed by atoms with Gasteiger partial charge in [-0.15, -0.1) is 0 Å². The lowest BCUT2D eigenvalue weighted by Crippen LogP contribution is -1.77. The number of rotatable bonds is 2. The van der Waals surface area contributed by atoms with Crippen LogP contribution in [0.2, 0.25) is 0 Å². The molecule has 0 radical (unpaired) electrons. The Morgan fingerprint density at radius 2 is 2.27 bits per heavy atom. The summed E-state index contributed by atoms with van der Waals surface area (Å²) in [5.74, 6) is 0. The Balaban J connectivity index is 2.91. The van der Waals surface area contributed by atoms with Crippen LogP contribution in [-0.2, 0) is 5.33 Å². The molecule has 0 atom stereocenters. The Morgan fingerprint density at radius 1 is 1.45 bits per heavy atom. The second kappa shape index (κ2) is 4.19. The Morgan fingerprint density at radius 3 is 2.91 bits per heavy atom. The highest BCUT2D eigenvalue weighted by Crippen LogP contribution is 2.09. The average molecular weight is 213 g/mol. The predicted octanol–water partition coefficient (Wildman–Crippen LogP) is 3.11. The van der Waals surface area contributed by atoms with Gasteiger partial charge in [-0.2, -0.15) is 0 Å². The zero-order valence-electron chi connectivity index (χ0n) is 6.00. The van der Waals surface area contributed by atoms with Gasteiger partial charge < -0.3 is 5.11 Å². The van der Waals surface area contributed by atoms with Crippen LogP contribution in [0.4, 0.5) is 0 Å². The number of aliphatic hydroxyl groups excluding tert-OH is 1. The van der Waals surface area contributed by atoms with Crippen molar-refractivity contribution in [3.8, 4) is 0 Å². The van der Waals surface area contributed by atoms with Crippen molar-refractivity contribution in [1.29, 1.82) is 0 Å². The molecule has 2 heteroatoms. The van der Waals surface area contributed by atoms with E-state index in [4.69, 9.17) is 5.11 Å². The maximum atomic E-state index is 8.49. The highest BCUT2D eigenvalue weighted by Gasteiger charge is 1.89. The van der Waals surface area contributed by atoms with Crippen LogP contribution in [-0.4, -0.2) is 5.11 Å². The topological polar surface area (TPSA) is 20.2 Å². The van der Waals surface area contributed by atoms with Crippen LogP contribution in [0.15, 0.2) is 30.5 Å². The zero-order valence-corrected chi connectivity index (χ0v) is 7.58. The molecule has 0 fully saturated rings. The number of hydrogen-bond donors (Lipinski definition) is 1. The molecule has 0 aliphatic rings. The molecule has 0 unspecified atom stereocenters. The van der Waals surface area contributed by atoms with Crippen molar-refractivity contribution in [2.45, 2.75) is 5.33 Å². The fourth-order valence-electron chi connectivity index (χ4n) is 0.866. The van der Waals surface area contributed by atoms with Crippen LogP contribution in [0.1, 0.15) is 11.1 Å². The van der Waals surface area contributed by atoms with Crippen molar-refractivity contribution in [3.05, 3.63) is 41.7 Å². The van der Waals surface area contributed by atoms with E-state index in [1.54, 1.807) is 6.08 Å². The van der Waals surface area contributed by atoms with Crippen molar-refractivity contribution in [3.63, 3.8) is 0 Å². The normalized spacial score (nSPS) is 10.6. The van der Waals surface area contributed by atoms with Crippen LogP contribution >= 0.6 is 15.9 Å². The summed E-state index contributed by atoms with van der Waals surface area (Å²) in [7, 11) is 0. The van der Waals surface area contributed by atoms with E-state index in [1.165, 1.54) is 5.56 Å². The molecule has 0 aliphatic carbocycles. The maximum Gasteiger partial charge on any atom is 0.0797 e. The first kappa shape index (κ1) is 8.34. The van der Waals surface area contributed by atoms with Crippen LogP contribution in [0, 0.1) is 0 Å². The molecule has 0 saturated carbocycles. The van der Waals surface area contributed by atoms with Crippen molar-refractivity contribution in [2.75, 3.05) is 0 Å². The quantitative estimate of drug-likeness (QED) is 0.591. The Bertz CT molecular complexity index is 255. The lowest BCUT2D eigenvalue weighted by molar-refractivity contribution is 0.478. The second-order valence-corrected chi connectivity index (χ2v) is 2.76. The van der Waals surface area contributed by atoms with Gasteiger partial charge in [-0.05, 0) is 17.2 Å². The molecule has 58 valence electrons. The highest BCUT2D eigenvalue weighted by atomic mass is 79.9. The lowest BCUT2D eigenvalue weighted by atomic mass is 10.1. The maximum absolute atomic E-state index is 8.49. The first-order valence-corrected chi connectivity index (χ1v) is 4.44. The van der Waals surface area contributed by atoms with Crippen LogP contribution in [0.25, 0.3) is 6.08 Å². The van der Waals surface area contributed by atoms with E-state index >= 15 is 0 Å². The Hall–Kier alpha value is -0.760. The van der Waals surface area contributed by atoms with E-state index in [0.717, 1.165) is 17.2 Å². The van der Waals surface area contributed by atoms with Gasteiger partial charge in [0, 0.05) is 5.33 Å². The molecule has 0 spiro atoms. The molecular formula is C9H9BrO. The first-order valence-electron chi connectivity index (χ1n) is 3.32. The van der Waals surface area contributed by atoms with Gasteiger partial charge in [0.05, 0.1) is 6.26 Å². The summed E-state index contributed by atoms with van der Waals surface area (Å²) >= 11 is 3.36. The third-order valence-corrected chi connectivity index (χ3v) is 2.02. The molecule has 1 nitrogen and oxygen atoms in total. The van der Waals surface area contributed by atoms with E-state index in [1.807, 2.05) is 24.3 Å². The summed E-state index contributed by atoms with van der Waals surface area (Å²) < 4.78 is 0. The monoisotopic (exact) mass is 212 g/mol. The lowest BCUT2D eigenvalue weighted by Gasteiger charge is -1.95. The molecule has 1 rings (SSSR count). The molecule has 0 amide bonds. The van der Waals surface area contributed by atoms with Crippen molar-refractivity contribution < 1.29 is 5.11 Å². The Kier molecular flexibility index (Phi) is 3.17. The minimum atomic E-state index is 0.847. The first-order chi connectivity index (χ1) is 5.36. The molecular weight excluding hydrogens is 204 g/mol. The SMILES string of the molecule is O/C=C\c1cccc(CBr)c1. The van der Waals surface area contributed by atoms with Gasteiger partial charge in [0.1, 0.15) is 0 Å². The summed E-state index contributed by atoms with van der Waals surface area (Å²) in [6.45, 7) is 0. The molecule has 11 heavy (non-hydrogen) atoms. The van der Waals surface area contributed by atoms with Crippen LogP contribution < -0.4 is 0 Å². The van der Waals surface area contributed by atoms with Gasteiger partial charge >= 0.3 is 0 Å². The summed E-state index contributed by atoms with van der Waals surface area (Å²) in [6, 6.07) is 7.95. The number of hydrogen-bond acceptors (Lipinski definition) is 1. The minimum Gasteiger partial charge on any atom is -0.516 e. The number of aliphatic hydroxyl groups is 1. The highest BCUT2D eigenvalue weighted by molar-refractivity contribution is 9.08. The molecule has 1 aromatic rings. The molecule has 0 aliphatic heterocycles. The van der Waals surface area contributed by atoms with Gasteiger partial charge in [0.25, 0.3) is 0 Å². The van der Waals surface area contributed by atoms with E-state index < -0.39 is 0 Å². The van der Waals surface area contributed by atoms with Crippen molar-refractivity contribution in [2.24, 2.45) is 0 Å². The summed E-state index contributed by atoms with van der Waals surface area (Å²) in [5, 5.41) is 9.34. The molecule has 0 saturated heterocycles. The molecule has 0 bridgehead atoms. The van der Waals surface area contributed by atoms with E-state index in [2.05, 4.69) is 15.9 Å². The van der Waals surface area contributed by atoms with Crippen molar-refractivity contribution in [1.82, 2.24) is 0 Å². The van der Waals surface area contributed by atoms with E-state index in [-0.39, 0.29) is 0 Å². The Labute approximate surface area is 74.5 Å². The summed E-state index contributed by atoms with van der Waals surface area (Å²) in [6.07, 6.45) is 2.71. The third kappa shape index (κ3) is 2.39. The third-order valence-electron chi connectivity index (χ3n) is 1.37.